The summed E-state index contributed by atoms with van der Waals surface area (Å²) in [4.78, 5) is 47.8. The van der Waals surface area contributed by atoms with Crippen LogP contribution in [0, 0.1) is 0 Å². The number of esters is 3. The van der Waals surface area contributed by atoms with E-state index in [1.54, 1.807) is 24.3 Å². The lowest BCUT2D eigenvalue weighted by Gasteiger charge is -2.17. The molecule has 0 saturated heterocycles. The van der Waals surface area contributed by atoms with E-state index in [1.165, 1.54) is 21.0 Å². The van der Waals surface area contributed by atoms with E-state index in [4.69, 9.17) is 14.2 Å². The van der Waals surface area contributed by atoms with Crippen LogP contribution in [-0.4, -0.2) is 37.0 Å². The zero-order valence-corrected chi connectivity index (χ0v) is 19.8. The second kappa shape index (κ2) is 11.8. The van der Waals surface area contributed by atoms with Crippen molar-refractivity contribution in [2.24, 2.45) is 0 Å². The minimum absolute atomic E-state index is 0.125. The zero-order valence-electron chi connectivity index (χ0n) is 19.8. The van der Waals surface area contributed by atoms with E-state index in [0.717, 1.165) is 11.1 Å². The van der Waals surface area contributed by atoms with Gasteiger partial charge < -0.3 is 19.5 Å². The fourth-order valence-electron chi connectivity index (χ4n) is 3.69. The number of carbonyl (C=O) groups is 4. The van der Waals surface area contributed by atoms with Crippen LogP contribution in [0.3, 0.4) is 0 Å². The predicted molar refractivity (Wildman–Crippen MR) is 129 cm³/mol. The van der Waals surface area contributed by atoms with Crippen molar-refractivity contribution in [3.05, 3.63) is 71.8 Å². The molecule has 1 atom stereocenters. The average Bonchev–Trinajstić information content (AvgIpc) is 2.83. The third-order valence-corrected chi connectivity index (χ3v) is 5.25. The molecule has 0 fully saturated rings. The average molecular weight is 478 g/mol. The van der Waals surface area contributed by atoms with Gasteiger partial charge in [-0.15, -0.1) is 0 Å². The van der Waals surface area contributed by atoms with Crippen molar-refractivity contribution in [3.8, 4) is 11.5 Å². The Morgan fingerprint density at radius 2 is 1.43 bits per heavy atom. The Kier molecular flexibility index (Phi) is 8.56. The van der Waals surface area contributed by atoms with Crippen LogP contribution >= 0.6 is 0 Å². The van der Waals surface area contributed by atoms with Crippen molar-refractivity contribution >= 4 is 34.6 Å². The van der Waals surface area contributed by atoms with Gasteiger partial charge in [0, 0.05) is 37.5 Å². The molecule has 1 amide bonds. The van der Waals surface area contributed by atoms with Crippen molar-refractivity contribution in [1.82, 2.24) is 5.32 Å². The van der Waals surface area contributed by atoms with E-state index < -0.39 is 23.9 Å². The Morgan fingerprint density at radius 3 is 2.03 bits per heavy atom. The highest BCUT2D eigenvalue weighted by Crippen LogP contribution is 2.34. The standard InChI is InChI=1S/C27H27NO7/c1-17(29)34-24-12-13-25(35-18(2)30)22-15-20(9-11-21(22)24)10-14-26(31)28-23(27(32)33-3)16-19-7-5-4-6-8-19/h4-9,11-13,15,23H,10,14,16H2,1-3H3,(H,28,31). The molecule has 3 aromatic carbocycles. The number of carbonyl (C=O) groups excluding carboxylic acids is 4. The summed E-state index contributed by atoms with van der Waals surface area (Å²) < 4.78 is 15.4. The minimum Gasteiger partial charge on any atom is -0.467 e. The minimum atomic E-state index is -0.798. The third-order valence-electron chi connectivity index (χ3n) is 5.25. The molecular weight excluding hydrogens is 450 g/mol. The topological polar surface area (TPSA) is 108 Å². The molecule has 0 saturated carbocycles. The van der Waals surface area contributed by atoms with Gasteiger partial charge in [0.05, 0.1) is 7.11 Å². The fraction of sp³-hybridized carbons (Fsp3) is 0.259. The van der Waals surface area contributed by atoms with Crippen LogP contribution in [0.2, 0.25) is 0 Å². The van der Waals surface area contributed by atoms with E-state index in [1.807, 2.05) is 36.4 Å². The number of fused-ring (bicyclic) bond motifs is 1. The van der Waals surface area contributed by atoms with Crippen LogP contribution in [0.4, 0.5) is 0 Å². The van der Waals surface area contributed by atoms with E-state index in [9.17, 15) is 19.2 Å². The summed E-state index contributed by atoms with van der Waals surface area (Å²) in [7, 11) is 1.28. The van der Waals surface area contributed by atoms with Crippen molar-refractivity contribution in [2.45, 2.75) is 39.2 Å². The van der Waals surface area contributed by atoms with Gasteiger partial charge in [-0.3, -0.25) is 14.4 Å². The molecule has 35 heavy (non-hydrogen) atoms. The number of hydrogen-bond donors (Lipinski definition) is 1. The molecule has 8 heteroatoms. The van der Waals surface area contributed by atoms with E-state index >= 15 is 0 Å². The van der Waals surface area contributed by atoms with Crippen LogP contribution in [0.15, 0.2) is 60.7 Å². The van der Waals surface area contributed by atoms with Gasteiger partial charge in [0.1, 0.15) is 17.5 Å². The van der Waals surface area contributed by atoms with Gasteiger partial charge in [-0.2, -0.15) is 0 Å². The Bertz CT molecular complexity index is 1240. The Hall–Kier alpha value is -4.20. The maximum absolute atomic E-state index is 12.6. The lowest BCUT2D eigenvalue weighted by Crippen LogP contribution is -2.43. The highest BCUT2D eigenvalue weighted by atomic mass is 16.5. The maximum atomic E-state index is 12.6. The lowest BCUT2D eigenvalue weighted by atomic mass is 10.0. The first-order chi connectivity index (χ1) is 16.8. The van der Waals surface area contributed by atoms with Gasteiger partial charge in [0.15, 0.2) is 0 Å². The van der Waals surface area contributed by atoms with Crippen LogP contribution in [0.1, 0.15) is 31.4 Å². The molecule has 1 unspecified atom stereocenters. The fourth-order valence-corrected chi connectivity index (χ4v) is 3.69. The Morgan fingerprint density at radius 1 is 0.800 bits per heavy atom. The van der Waals surface area contributed by atoms with Gasteiger partial charge >= 0.3 is 17.9 Å². The maximum Gasteiger partial charge on any atom is 0.328 e. The molecule has 1 N–H and O–H groups in total. The smallest absolute Gasteiger partial charge is 0.328 e. The van der Waals surface area contributed by atoms with Gasteiger partial charge in [-0.05, 0) is 35.7 Å². The van der Waals surface area contributed by atoms with Crippen LogP contribution in [-0.2, 0) is 36.8 Å². The van der Waals surface area contributed by atoms with Gasteiger partial charge in [0.25, 0.3) is 0 Å². The SMILES string of the molecule is COC(=O)C(Cc1ccccc1)NC(=O)CCc1ccc2c(OC(C)=O)ccc(OC(C)=O)c2c1. The third kappa shape index (κ3) is 7.14. The molecule has 8 nitrogen and oxygen atoms in total. The van der Waals surface area contributed by atoms with E-state index in [2.05, 4.69) is 5.32 Å². The van der Waals surface area contributed by atoms with Crippen LogP contribution < -0.4 is 14.8 Å². The van der Waals surface area contributed by atoms with Crippen molar-refractivity contribution in [2.75, 3.05) is 7.11 Å². The molecule has 0 aliphatic carbocycles. The molecule has 3 rings (SSSR count). The molecule has 0 radical (unpaired) electrons. The number of nitrogens with one attached hydrogen (secondary N) is 1. The summed E-state index contributed by atoms with van der Waals surface area (Å²) in [6.07, 6.45) is 0.818. The summed E-state index contributed by atoms with van der Waals surface area (Å²) >= 11 is 0. The highest BCUT2D eigenvalue weighted by Gasteiger charge is 2.22. The number of benzene rings is 3. The van der Waals surface area contributed by atoms with Gasteiger partial charge in [-0.25, -0.2) is 4.79 Å². The summed E-state index contributed by atoms with van der Waals surface area (Å²) in [6, 6.07) is 17.0. The van der Waals surface area contributed by atoms with Gasteiger partial charge in [0.2, 0.25) is 5.91 Å². The molecule has 0 aliphatic heterocycles. The Labute approximate surface area is 203 Å². The van der Waals surface area contributed by atoms with Crippen molar-refractivity contribution in [3.63, 3.8) is 0 Å². The number of hydrogen-bond acceptors (Lipinski definition) is 7. The normalized spacial score (nSPS) is 11.4. The van der Waals surface area contributed by atoms with Crippen LogP contribution in [0.25, 0.3) is 10.8 Å². The molecule has 0 heterocycles. The zero-order chi connectivity index (χ0) is 25.4. The molecule has 0 aromatic heterocycles. The first-order valence-corrected chi connectivity index (χ1v) is 11.1. The monoisotopic (exact) mass is 477 g/mol. The molecular formula is C27H27NO7. The molecule has 0 bridgehead atoms. The molecule has 0 spiro atoms. The molecule has 182 valence electrons. The number of aryl methyl sites for hydroxylation is 1. The molecule has 3 aromatic rings. The highest BCUT2D eigenvalue weighted by molar-refractivity contribution is 5.96. The molecule has 0 aliphatic rings. The number of ether oxygens (including phenoxy) is 3. The van der Waals surface area contributed by atoms with Gasteiger partial charge in [-0.1, -0.05) is 42.5 Å². The number of amides is 1. The summed E-state index contributed by atoms with van der Waals surface area (Å²) in [5.41, 5.74) is 1.71. The largest absolute Gasteiger partial charge is 0.467 e. The summed E-state index contributed by atoms with van der Waals surface area (Å²) in [6.45, 7) is 2.60. The van der Waals surface area contributed by atoms with Crippen molar-refractivity contribution in [1.29, 1.82) is 0 Å². The van der Waals surface area contributed by atoms with E-state index in [0.29, 0.717) is 35.1 Å². The second-order valence-corrected chi connectivity index (χ2v) is 7.96. The lowest BCUT2D eigenvalue weighted by molar-refractivity contribution is -0.145. The quantitative estimate of drug-likeness (QED) is 0.371. The van der Waals surface area contributed by atoms with Crippen LogP contribution in [0.5, 0.6) is 11.5 Å². The van der Waals surface area contributed by atoms with Crippen molar-refractivity contribution < 1.29 is 33.4 Å². The Balaban J connectivity index is 1.75. The predicted octanol–water partition coefficient (Wildman–Crippen LogP) is 3.52. The van der Waals surface area contributed by atoms with E-state index in [-0.39, 0.29) is 12.3 Å². The second-order valence-electron chi connectivity index (χ2n) is 7.96. The summed E-state index contributed by atoms with van der Waals surface area (Å²) in [5, 5.41) is 3.93. The summed E-state index contributed by atoms with van der Waals surface area (Å²) in [5.74, 6) is -1.10. The number of rotatable bonds is 9. The first kappa shape index (κ1) is 25.4. The first-order valence-electron chi connectivity index (χ1n) is 11.1. The number of methoxy groups -OCH3 is 1.